The second-order valence-corrected chi connectivity index (χ2v) is 10.8. The highest BCUT2D eigenvalue weighted by molar-refractivity contribution is 5.66. The Morgan fingerprint density at radius 3 is 1.68 bits per heavy atom. The van der Waals surface area contributed by atoms with Gasteiger partial charge in [0, 0.05) is 0 Å². The molecule has 0 atom stereocenters. The number of rotatable bonds is 7. The predicted molar refractivity (Wildman–Crippen MR) is 136 cm³/mol. The van der Waals surface area contributed by atoms with E-state index in [0.717, 1.165) is 0 Å². The van der Waals surface area contributed by atoms with Gasteiger partial charge in [0.1, 0.15) is 0 Å². The van der Waals surface area contributed by atoms with Crippen LogP contribution in [0.25, 0.3) is 11.1 Å². The first-order valence-electron chi connectivity index (χ1n) is 13.3. The summed E-state index contributed by atoms with van der Waals surface area (Å²) in [5.41, 5.74) is 8.39. The average Bonchev–Trinajstić information content (AvgIpc) is 2.81. The molecule has 0 aromatic heterocycles. The van der Waals surface area contributed by atoms with Crippen molar-refractivity contribution in [2.75, 3.05) is 0 Å². The Balaban J connectivity index is 1.59. The Morgan fingerprint density at radius 2 is 1.13 bits per heavy atom. The summed E-state index contributed by atoms with van der Waals surface area (Å²) in [5.74, 6) is 0. The molecule has 2 aromatic rings. The fraction of sp³-hybridized carbons (Fsp3) is 0.613. The highest BCUT2D eigenvalue weighted by Gasteiger charge is 2.34. The van der Waals surface area contributed by atoms with E-state index in [-0.39, 0.29) is 0 Å². The minimum atomic E-state index is 0.437. The van der Waals surface area contributed by atoms with Crippen LogP contribution in [0.3, 0.4) is 0 Å². The Morgan fingerprint density at radius 1 is 0.613 bits per heavy atom. The molecule has 2 aromatic carbocycles. The molecule has 2 fully saturated rings. The van der Waals surface area contributed by atoms with E-state index in [1.165, 1.54) is 107 Å². The second kappa shape index (κ2) is 9.93. The standard InChI is InChI=1S/C31H44/c1-4-18-30(20-8-6-9-21-30)28-15-12-26(13-16-28)27-14-17-29(25(3)24-27)31(19-5-2)22-10-7-11-23-31/h12-17,24H,4-11,18-23H2,1-3H3. The number of hydrogen-bond donors (Lipinski definition) is 0. The van der Waals surface area contributed by atoms with Gasteiger partial charge in [-0.3, -0.25) is 0 Å². The van der Waals surface area contributed by atoms with Crippen molar-refractivity contribution < 1.29 is 0 Å². The number of aryl methyl sites for hydroxylation is 1. The van der Waals surface area contributed by atoms with Gasteiger partial charge in [-0.1, -0.05) is 108 Å². The topological polar surface area (TPSA) is 0 Å². The summed E-state index contributed by atoms with van der Waals surface area (Å²) in [7, 11) is 0. The van der Waals surface area contributed by atoms with Crippen LogP contribution in [0.1, 0.15) is 120 Å². The molecular formula is C31H44. The van der Waals surface area contributed by atoms with Gasteiger partial charge in [-0.15, -0.1) is 0 Å². The lowest BCUT2D eigenvalue weighted by Gasteiger charge is -2.39. The fourth-order valence-electron chi connectivity index (χ4n) is 7.21. The summed E-state index contributed by atoms with van der Waals surface area (Å²) in [4.78, 5) is 0. The molecule has 31 heavy (non-hydrogen) atoms. The molecule has 0 nitrogen and oxygen atoms in total. The van der Waals surface area contributed by atoms with Gasteiger partial charge in [-0.05, 0) is 84.1 Å². The lowest BCUT2D eigenvalue weighted by Crippen LogP contribution is -2.29. The summed E-state index contributed by atoms with van der Waals surface area (Å²) in [5, 5.41) is 0. The van der Waals surface area contributed by atoms with E-state index in [9.17, 15) is 0 Å². The summed E-state index contributed by atoms with van der Waals surface area (Å²) < 4.78 is 0. The summed E-state index contributed by atoms with van der Waals surface area (Å²) in [6.07, 6.45) is 19.3. The van der Waals surface area contributed by atoms with E-state index >= 15 is 0 Å². The van der Waals surface area contributed by atoms with Crippen molar-refractivity contribution in [3.8, 4) is 11.1 Å². The zero-order valence-corrected chi connectivity index (χ0v) is 20.4. The lowest BCUT2D eigenvalue weighted by atomic mass is 9.65. The van der Waals surface area contributed by atoms with Crippen LogP contribution in [0.15, 0.2) is 42.5 Å². The Bertz CT molecular complexity index is 818. The molecule has 2 aliphatic rings. The van der Waals surface area contributed by atoms with E-state index in [4.69, 9.17) is 0 Å². The van der Waals surface area contributed by atoms with Crippen molar-refractivity contribution in [3.63, 3.8) is 0 Å². The highest BCUT2D eigenvalue weighted by atomic mass is 14.4. The summed E-state index contributed by atoms with van der Waals surface area (Å²) >= 11 is 0. The van der Waals surface area contributed by atoms with E-state index in [2.05, 4.69) is 63.2 Å². The van der Waals surface area contributed by atoms with Crippen LogP contribution < -0.4 is 0 Å². The molecule has 0 heterocycles. The molecule has 0 N–H and O–H groups in total. The van der Waals surface area contributed by atoms with Crippen LogP contribution in [0.2, 0.25) is 0 Å². The zero-order valence-electron chi connectivity index (χ0n) is 20.4. The van der Waals surface area contributed by atoms with Gasteiger partial charge in [0.2, 0.25) is 0 Å². The molecule has 0 radical (unpaired) electrons. The van der Waals surface area contributed by atoms with Gasteiger partial charge in [0.25, 0.3) is 0 Å². The maximum atomic E-state index is 2.49. The molecule has 4 rings (SSSR count). The third-order valence-corrected chi connectivity index (χ3v) is 8.71. The second-order valence-electron chi connectivity index (χ2n) is 10.8. The normalized spacial score (nSPS) is 20.5. The molecule has 168 valence electrons. The van der Waals surface area contributed by atoms with E-state index < -0.39 is 0 Å². The van der Waals surface area contributed by atoms with Gasteiger partial charge >= 0.3 is 0 Å². The maximum absolute atomic E-state index is 2.49. The molecule has 2 saturated carbocycles. The van der Waals surface area contributed by atoms with Crippen molar-refractivity contribution >= 4 is 0 Å². The smallest absolute Gasteiger partial charge is 0.00444 e. The van der Waals surface area contributed by atoms with Gasteiger partial charge < -0.3 is 0 Å². The van der Waals surface area contributed by atoms with Gasteiger partial charge in [-0.2, -0.15) is 0 Å². The molecule has 0 unspecified atom stereocenters. The van der Waals surface area contributed by atoms with Crippen molar-refractivity contribution in [2.45, 2.75) is 121 Å². The Hall–Kier alpha value is -1.56. The molecule has 0 spiro atoms. The van der Waals surface area contributed by atoms with Gasteiger partial charge in [0.15, 0.2) is 0 Å². The first-order chi connectivity index (χ1) is 15.1. The minimum Gasteiger partial charge on any atom is -0.0654 e. The van der Waals surface area contributed by atoms with Crippen LogP contribution >= 0.6 is 0 Å². The van der Waals surface area contributed by atoms with Crippen LogP contribution in [0.5, 0.6) is 0 Å². The highest BCUT2D eigenvalue weighted by Crippen LogP contribution is 2.46. The molecule has 0 aliphatic heterocycles. The summed E-state index contributed by atoms with van der Waals surface area (Å²) in [6, 6.07) is 17.1. The Labute approximate surface area is 191 Å². The van der Waals surface area contributed by atoms with E-state index in [1.54, 1.807) is 11.1 Å². The van der Waals surface area contributed by atoms with Gasteiger partial charge in [-0.25, -0.2) is 0 Å². The largest absolute Gasteiger partial charge is 0.0654 e. The monoisotopic (exact) mass is 416 g/mol. The first-order valence-corrected chi connectivity index (χ1v) is 13.3. The molecule has 0 saturated heterocycles. The van der Waals surface area contributed by atoms with Crippen LogP contribution in [-0.4, -0.2) is 0 Å². The third kappa shape index (κ3) is 4.64. The minimum absolute atomic E-state index is 0.437. The van der Waals surface area contributed by atoms with Crippen LogP contribution in [-0.2, 0) is 10.8 Å². The fourth-order valence-corrected chi connectivity index (χ4v) is 7.21. The van der Waals surface area contributed by atoms with Crippen LogP contribution in [0, 0.1) is 6.92 Å². The zero-order chi connectivity index (χ0) is 21.7. The first kappa shape index (κ1) is 22.6. The van der Waals surface area contributed by atoms with Crippen LogP contribution in [0.4, 0.5) is 0 Å². The molecule has 2 aliphatic carbocycles. The van der Waals surface area contributed by atoms with Crippen molar-refractivity contribution in [1.82, 2.24) is 0 Å². The molecule has 0 heteroatoms. The maximum Gasteiger partial charge on any atom is -0.00444 e. The van der Waals surface area contributed by atoms with E-state index in [1.807, 2.05) is 0 Å². The Kier molecular flexibility index (Phi) is 7.25. The molecule has 0 amide bonds. The van der Waals surface area contributed by atoms with Crippen molar-refractivity contribution in [1.29, 1.82) is 0 Å². The van der Waals surface area contributed by atoms with E-state index in [0.29, 0.717) is 10.8 Å². The molecule has 0 bridgehead atoms. The number of hydrogen-bond acceptors (Lipinski definition) is 0. The van der Waals surface area contributed by atoms with Crippen molar-refractivity contribution in [2.24, 2.45) is 0 Å². The SMILES string of the molecule is CCCC1(c2ccc(-c3ccc(C4(CCC)CCCCC4)c(C)c3)cc2)CCCCC1. The summed E-state index contributed by atoms with van der Waals surface area (Å²) in [6.45, 7) is 7.07. The lowest BCUT2D eigenvalue weighted by molar-refractivity contribution is 0.270. The van der Waals surface area contributed by atoms with Gasteiger partial charge in [0.05, 0.1) is 0 Å². The number of benzene rings is 2. The average molecular weight is 417 g/mol. The quantitative estimate of drug-likeness (QED) is 0.421. The van der Waals surface area contributed by atoms with Crippen molar-refractivity contribution in [3.05, 3.63) is 59.2 Å². The third-order valence-electron chi connectivity index (χ3n) is 8.71. The predicted octanol–water partition coefficient (Wildman–Crippen LogP) is 9.67. The molecular weight excluding hydrogens is 372 g/mol.